The lowest BCUT2D eigenvalue weighted by molar-refractivity contribution is -0.391. The lowest BCUT2D eigenvalue weighted by Crippen LogP contribution is -2.06. The van der Waals surface area contributed by atoms with E-state index in [1.165, 1.54) is 6.08 Å². The number of allylic oxidation sites excluding steroid dienone is 1. The SMILES string of the molecule is O=[N+]([O-])c1nonc1C1=NOOC=C1. The summed E-state index contributed by atoms with van der Waals surface area (Å²) in [5.41, 5.74) is -0.0150. The van der Waals surface area contributed by atoms with Crippen LogP contribution in [0.15, 0.2) is 22.1 Å². The summed E-state index contributed by atoms with van der Waals surface area (Å²) in [4.78, 5) is 18.2. The molecule has 1 aromatic heterocycles. The van der Waals surface area contributed by atoms with Crippen molar-refractivity contribution in [3.63, 3.8) is 0 Å². The Morgan fingerprint density at radius 3 is 2.93 bits per heavy atom. The van der Waals surface area contributed by atoms with Gasteiger partial charge >= 0.3 is 5.82 Å². The van der Waals surface area contributed by atoms with Gasteiger partial charge in [0.25, 0.3) is 0 Å². The Balaban J connectivity index is 2.41. The molecule has 0 saturated heterocycles. The Morgan fingerprint density at radius 1 is 1.43 bits per heavy atom. The maximum atomic E-state index is 10.4. The molecular weight excluding hydrogens is 196 g/mol. The van der Waals surface area contributed by atoms with Crippen LogP contribution in [0.25, 0.3) is 0 Å². The Kier molecular flexibility index (Phi) is 1.82. The van der Waals surface area contributed by atoms with Gasteiger partial charge in [-0.3, -0.25) is 4.89 Å². The van der Waals surface area contributed by atoms with Gasteiger partial charge in [0.05, 0.1) is 0 Å². The van der Waals surface area contributed by atoms with Gasteiger partial charge < -0.3 is 10.1 Å². The number of hydrogen-bond donors (Lipinski definition) is 0. The number of oxime groups is 1. The highest BCUT2D eigenvalue weighted by atomic mass is 17.3. The second-order valence-corrected chi connectivity index (χ2v) is 2.14. The lowest BCUT2D eigenvalue weighted by atomic mass is 10.2. The predicted molar refractivity (Wildman–Crippen MR) is 38.8 cm³/mol. The van der Waals surface area contributed by atoms with Gasteiger partial charge in [-0.2, -0.15) is 4.99 Å². The molecule has 0 radical (unpaired) electrons. The molecule has 2 heterocycles. The molecule has 0 aliphatic carbocycles. The quantitative estimate of drug-likeness (QED) is 0.377. The third kappa shape index (κ3) is 1.26. The van der Waals surface area contributed by atoms with Crippen molar-refractivity contribution in [1.29, 1.82) is 0 Å². The van der Waals surface area contributed by atoms with Crippen LogP contribution in [0.1, 0.15) is 5.69 Å². The summed E-state index contributed by atoms with van der Waals surface area (Å²) >= 11 is 0. The second kappa shape index (κ2) is 3.12. The van der Waals surface area contributed by atoms with Crippen LogP contribution >= 0.6 is 0 Å². The van der Waals surface area contributed by atoms with Crippen LogP contribution < -0.4 is 0 Å². The zero-order valence-electron chi connectivity index (χ0n) is 6.48. The standard InChI is InChI=1S/C5H2N4O5/c10-9(11)5-4(7-13-8-5)3-1-2-12-14-6-3/h1-2H. The van der Waals surface area contributed by atoms with E-state index in [1.54, 1.807) is 0 Å². The lowest BCUT2D eigenvalue weighted by Gasteiger charge is -2.00. The summed E-state index contributed by atoms with van der Waals surface area (Å²) in [6.45, 7) is 0. The van der Waals surface area contributed by atoms with E-state index in [4.69, 9.17) is 0 Å². The van der Waals surface area contributed by atoms with Gasteiger partial charge in [-0.15, -0.1) is 4.63 Å². The Bertz CT molecular complexity index is 422. The number of rotatable bonds is 2. The van der Waals surface area contributed by atoms with Crippen LogP contribution in [0.5, 0.6) is 0 Å². The molecule has 9 nitrogen and oxygen atoms in total. The van der Waals surface area contributed by atoms with Crippen LogP contribution in [0, 0.1) is 10.1 Å². The molecule has 0 atom stereocenters. The van der Waals surface area contributed by atoms with Crippen LogP contribution in [-0.2, 0) is 9.88 Å². The maximum absolute atomic E-state index is 10.4. The fraction of sp³-hybridized carbons (Fsp3) is 0. The molecule has 1 aromatic rings. The minimum atomic E-state index is -0.738. The molecule has 9 heteroatoms. The summed E-state index contributed by atoms with van der Waals surface area (Å²) in [6.07, 6.45) is 2.48. The van der Waals surface area contributed by atoms with Crippen molar-refractivity contribution in [3.8, 4) is 0 Å². The highest BCUT2D eigenvalue weighted by Crippen LogP contribution is 2.15. The predicted octanol–water partition coefficient (Wildman–Crippen LogP) is 0.157. The molecule has 0 unspecified atom stereocenters. The van der Waals surface area contributed by atoms with E-state index < -0.39 is 10.7 Å². The summed E-state index contributed by atoms with van der Waals surface area (Å²) < 4.78 is 4.21. The van der Waals surface area contributed by atoms with Gasteiger partial charge in [0, 0.05) is 6.08 Å². The smallest absolute Gasteiger partial charge is 0.358 e. The fourth-order valence-electron chi connectivity index (χ4n) is 0.796. The monoisotopic (exact) mass is 198 g/mol. The van der Waals surface area contributed by atoms with Crippen molar-refractivity contribution in [1.82, 2.24) is 10.3 Å². The van der Waals surface area contributed by atoms with Gasteiger partial charge in [0.1, 0.15) is 12.0 Å². The van der Waals surface area contributed by atoms with Crippen molar-refractivity contribution in [2.75, 3.05) is 0 Å². The molecule has 14 heavy (non-hydrogen) atoms. The summed E-state index contributed by atoms with van der Waals surface area (Å²) in [5.74, 6) is -0.529. The molecule has 1 aliphatic heterocycles. The second-order valence-electron chi connectivity index (χ2n) is 2.14. The topological polar surface area (TPSA) is 113 Å². The fourth-order valence-corrected chi connectivity index (χ4v) is 0.796. The average molecular weight is 198 g/mol. The van der Waals surface area contributed by atoms with E-state index in [0.717, 1.165) is 6.26 Å². The van der Waals surface area contributed by atoms with Crippen LogP contribution in [0.4, 0.5) is 5.82 Å². The Hall–Kier alpha value is -2.45. The van der Waals surface area contributed by atoms with Gasteiger partial charge in [0.15, 0.2) is 5.16 Å². The van der Waals surface area contributed by atoms with E-state index in [-0.39, 0.29) is 11.4 Å². The van der Waals surface area contributed by atoms with Crippen molar-refractivity contribution < 1.29 is 19.4 Å². The first kappa shape index (κ1) is 8.16. The molecule has 2 rings (SSSR count). The zero-order valence-corrected chi connectivity index (χ0v) is 6.48. The van der Waals surface area contributed by atoms with E-state index >= 15 is 0 Å². The van der Waals surface area contributed by atoms with Crippen LogP contribution in [0.2, 0.25) is 0 Å². The molecule has 1 aliphatic rings. The first-order chi connectivity index (χ1) is 6.79. The normalized spacial score (nSPS) is 14.1. The van der Waals surface area contributed by atoms with Gasteiger partial charge in [-0.05, 0) is 15.2 Å². The zero-order chi connectivity index (χ0) is 9.97. The van der Waals surface area contributed by atoms with Crippen LogP contribution in [-0.4, -0.2) is 20.9 Å². The largest absolute Gasteiger partial charge is 0.444 e. The minimum Gasteiger partial charge on any atom is -0.358 e. The summed E-state index contributed by atoms with van der Waals surface area (Å²) in [6, 6.07) is 0. The first-order valence-corrected chi connectivity index (χ1v) is 3.33. The molecule has 0 N–H and O–H groups in total. The van der Waals surface area contributed by atoms with E-state index in [9.17, 15) is 10.1 Å². The van der Waals surface area contributed by atoms with E-state index in [0.29, 0.717) is 0 Å². The molecule has 72 valence electrons. The minimum absolute atomic E-state index is 0.101. The molecule has 0 spiro atoms. The molecule has 0 amide bonds. The molecule has 0 fully saturated rings. The molecule has 0 saturated carbocycles. The summed E-state index contributed by atoms with van der Waals surface area (Å²) in [7, 11) is 0. The third-order valence-corrected chi connectivity index (χ3v) is 1.35. The van der Waals surface area contributed by atoms with Gasteiger partial charge in [-0.25, -0.2) is 0 Å². The molecular formula is C5H2N4O5. The van der Waals surface area contributed by atoms with Gasteiger partial charge in [-0.1, -0.05) is 0 Å². The highest BCUT2D eigenvalue weighted by molar-refractivity contribution is 6.08. The molecule has 0 aromatic carbocycles. The maximum Gasteiger partial charge on any atom is 0.444 e. The number of nitrogens with zero attached hydrogens (tertiary/aromatic N) is 4. The van der Waals surface area contributed by atoms with E-state index in [2.05, 4.69) is 30.0 Å². The number of hydrogen-bond acceptors (Lipinski definition) is 8. The number of aromatic nitrogens is 2. The third-order valence-electron chi connectivity index (χ3n) is 1.35. The Morgan fingerprint density at radius 2 is 2.29 bits per heavy atom. The van der Waals surface area contributed by atoms with Crippen LogP contribution in [0.3, 0.4) is 0 Å². The Labute approximate surface area is 75.6 Å². The van der Waals surface area contributed by atoms with Crippen molar-refractivity contribution in [3.05, 3.63) is 28.1 Å². The van der Waals surface area contributed by atoms with Crippen molar-refractivity contribution in [2.45, 2.75) is 0 Å². The van der Waals surface area contributed by atoms with Crippen molar-refractivity contribution >= 4 is 11.5 Å². The average Bonchev–Trinajstić information content (AvgIpc) is 2.67. The summed E-state index contributed by atoms with van der Waals surface area (Å²) in [5, 5.41) is 20.2. The van der Waals surface area contributed by atoms with E-state index in [1.807, 2.05) is 0 Å². The van der Waals surface area contributed by atoms with Crippen molar-refractivity contribution in [2.24, 2.45) is 5.16 Å². The number of nitro groups is 1. The van der Waals surface area contributed by atoms with Gasteiger partial charge in [0.2, 0.25) is 5.69 Å². The highest BCUT2D eigenvalue weighted by Gasteiger charge is 2.27. The first-order valence-electron chi connectivity index (χ1n) is 3.33. The molecule has 0 bridgehead atoms.